The van der Waals surface area contributed by atoms with Gasteiger partial charge in [-0.3, -0.25) is 0 Å². The van der Waals surface area contributed by atoms with Crippen LogP contribution >= 0.6 is 0 Å². The van der Waals surface area contributed by atoms with Crippen molar-refractivity contribution in [2.45, 2.75) is 12.4 Å². The van der Waals surface area contributed by atoms with Crippen LogP contribution in [0.5, 0.6) is 5.75 Å². The highest BCUT2D eigenvalue weighted by Crippen LogP contribution is 2.30. The minimum atomic E-state index is -3.35. The van der Waals surface area contributed by atoms with Crippen molar-refractivity contribution >= 4 is 21.5 Å². The highest BCUT2D eigenvalue weighted by molar-refractivity contribution is 7.88. The van der Waals surface area contributed by atoms with Crippen LogP contribution in [0, 0.1) is 0 Å². The molecule has 0 saturated heterocycles. The zero-order chi connectivity index (χ0) is 23.1. The third-order valence-electron chi connectivity index (χ3n) is 4.93. The fourth-order valence-corrected chi connectivity index (χ4v) is 4.05. The van der Waals surface area contributed by atoms with Crippen LogP contribution in [0.3, 0.4) is 0 Å². The predicted octanol–water partition coefficient (Wildman–Crippen LogP) is 4.52. The van der Waals surface area contributed by atoms with Gasteiger partial charge in [0.2, 0.25) is 10.0 Å². The van der Waals surface area contributed by atoms with Crippen molar-refractivity contribution in [1.82, 2.24) is 14.7 Å². The fourth-order valence-electron chi connectivity index (χ4n) is 3.29. The summed E-state index contributed by atoms with van der Waals surface area (Å²) in [6.45, 7) is 0.455. The van der Waals surface area contributed by atoms with Gasteiger partial charge in [0.25, 0.3) is 0 Å². The van der Waals surface area contributed by atoms with Crippen LogP contribution in [0.4, 0.5) is 11.5 Å². The van der Waals surface area contributed by atoms with Gasteiger partial charge in [-0.2, -0.15) is 0 Å². The lowest BCUT2D eigenvalue weighted by molar-refractivity contribution is 0.307. The first-order chi connectivity index (χ1) is 16.0. The standard InChI is InChI=1S/C25H24N4O3S/c1-26-33(30,31)17-20-10-7-11-21(14-20)29-25-15-23(27-18-28-25)22-12-5-6-13-24(22)32-16-19-8-3-2-4-9-19/h2-15,18,26H,16-17H2,1H3,(H,27,28,29). The Morgan fingerprint density at radius 3 is 2.42 bits per heavy atom. The number of benzene rings is 3. The van der Waals surface area contributed by atoms with Crippen LogP contribution < -0.4 is 14.8 Å². The van der Waals surface area contributed by atoms with Crippen molar-refractivity contribution in [3.05, 3.63) is 102 Å². The van der Waals surface area contributed by atoms with E-state index in [1.165, 1.54) is 13.4 Å². The van der Waals surface area contributed by atoms with Crippen molar-refractivity contribution in [2.24, 2.45) is 0 Å². The molecule has 2 N–H and O–H groups in total. The third-order valence-corrected chi connectivity index (χ3v) is 6.27. The van der Waals surface area contributed by atoms with Crippen molar-refractivity contribution in [3.63, 3.8) is 0 Å². The van der Waals surface area contributed by atoms with Crippen LogP contribution in [-0.4, -0.2) is 25.4 Å². The van der Waals surface area contributed by atoms with E-state index in [0.717, 1.165) is 22.6 Å². The molecule has 0 bridgehead atoms. The van der Waals surface area contributed by atoms with Crippen molar-refractivity contribution in [1.29, 1.82) is 0 Å². The summed E-state index contributed by atoms with van der Waals surface area (Å²) < 4.78 is 32.1. The highest BCUT2D eigenvalue weighted by atomic mass is 32.2. The maximum Gasteiger partial charge on any atom is 0.215 e. The summed E-state index contributed by atoms with van der Waals surface area (Å²) >= 11 is 0. The van der Waals surface area contributed by atoms with Crippen molar-refractivity contribution < 1.29 is 13.2 Å². The first kappa shape index (κ1) is 22.4. The number of aromatic nitrogens is 2. The van der Waals surface area contributed by atoms with E-state index in [4.69, 9.17) is 4.74 Å². The van der Waals surface area contributed by atoms with Crippen LogP contribution in [0.2, 0.25) is 0 Å². The van der Waals surface area contributed by atoms with Crippen molar-refractivity contribution in [3.8, 4) is 17.0 Å². The molecular weight excluding hydrogens is 436 g/mol. The molecule has 168 valence electrons. The molecule has 1 aromatic heterocycles. The van der Waals surface area contributed by atoms with E-state index < -0.39 is 10.0 Å². The summed E-state index contributed by atoms with van der Waals surface area (Å²) in [6.07, 6.45) is 1.49. The number of ether oxygens (including phenoxy) is 1. The van der Waals surface area contributed by atoms with E-state index in [1.807, 2.05) is 66.7 Å². The lowest BCUT2D eigenvalue weighted by atomic mass is 10.1. The van der Waals surface area contributed by atoms with Gasteiger partial charge in [0.05, 0.1) is 11.4 Å². The number of hydrogen-bond donors (Lipinski definition) is 2. The van der Waals surface area contributed by atoms with E-state index in [2.05, 4.69) is 20.0 Å². The van der Waals surface area contributed by atoms with Gasteiger partial charge in [0.15, 0.2) is 0 Å². The third kappa shape index (κ3) is 6.15. The number of para-hydroxylation sites is 1. The Hall–Kier alpha value is -3.75. The summed E-state index contributed by atoms with van der Waals surface area (Å²) in [4.78, 5) is 8.74. The molecule has 0 amide bonds. The lowest BCUT2D eigenvalue weighted by Crippen LogP contribution is -2.20. The van der Waals surface area contributed by atoms with Gasteiger partial charge in [-0.15, -0.1) is 0 Å². The van der Waals surface area contributed by atoms with Gasteiger partial charge in [0.1, 0.15) is 24.5 Å². The molecule has 0 unspecified atom stereocenters. The Bertz CT molecular complexity index is 1330. The molecule has 4 rings (SSSR count). The summed E-state index contributed by atoms with van der Waals surface area (Å²) in [5.41, 5.74) is 4.05. The molecule has 0 aliphatic heterocycles. The van der Waals surface area contributed by atoms with Gasteiger partial charge in [-0.05, 0) is 42.4 Å². The van der Waals surface area contributed by atoms with Crippen LogP contribution in [0.25, 0.3) is 11.3 Å². The van der Waals surface area contributed by atoms with Crippen molar-refractivity contribution in [2.75, 3.05) is 12.4 Å². The number of nitrogens with one attached hydrogen (secondary N) is 2. The average Bonchev–Trinajstić information content (AvgIpc) is 2.84. The monoisotopic (exact) mass is 460 g/mol. The SMILES string of the molecule is CNS(=O)(=O)Cc1cccc(Nc2cc(-c3ccccc3OCc3ccccc3)ncn2)c1. The molecule has 0 radical (unpaired) electrons. The smallest absolute Gasteiger partial charge is 0.215 e. The Balaban J connectivity index is 1.53. The molecule has 7 nitrogen and oxygen atoms in total. The zero-order valence-electron chi connectivity index (χ0n) is 18.1. The molecule has 0 fully saturated rings. The Kier molecular flexibility index (Phi) is 6.97. The molecule has 0 spiro atoms. The van der Waals surface area contributed by atoms with E-state index in [1.54, 1.807) is 18.2 Å². The second-order valence-corrected chi connectivity index (χ2v) is 9.27. The molecule has 0 saturated carbocycles. The maximum atomic E-state index is 11.9. The minimum absolute atomic E-state index is 0.0971. The zero-order valence-corrected chi connectivity index (χ0v) is 18.9. The van der Waals surface area contributed by atoms with Gasteiger partial charge in [0, 0.05) is 17.3 Å². The Morgan fingerprint density at radius 2 is 1.61 bits per heavy atom. The highest BCUT2D eigenvalue weighted by Gasteiger charge is 2.11. The van der Waals surface area contributed by atoms with Gasteiger partial charge in [-0.25, -0.2) is 23.1 Å². The molecule has 0 atom stereocenters. The molecular formula is C25H24N4O3S. The second-order valence-electron chi connectivity index (χ2n) is 7.35. The lowest BCUT2D eigenvalue weighted by Gasteiger charge is -2.12. The minimum Gasteiger partial charge on any atom is -0.488 e. The van der Waals surface area contributed by atoms with Gasteiger partial charge < -0.3 is 10.1 Å². The van der Waals surface area contributed by atoms with Crippen LogP contribution in [0.1, 0.15) is 11.1 Å². The molecule has 3 aromatic carbocycles. The topological polar surface area (TPSA) is 93.2 Å². The van der Waals surface area contributed by atoms with E-state index in [-0.39, 0.29) is 5.75 Å². The fraction of sp³-hybridized carbons (Fsp3) is 0.120. The Morgan fingerprint density at radius 1 is 0.848 bits per heavy atom. The number of nitrogens with zero attached hydrogens (tertiary/aromatic N) is 2. The largest absolute Gasteiger partial charge is 0.488 e. The molecule has 4 aromatic rings. The van der Waals surface area contributed by atoms with E-state index >= 15 is 0 Å². The number of rotatable bonds is 9. The summed E-state index contributed by atoms with van der Waals surface area (Å²) in [7, 11) is -1.95. The first-order valence-corrected chi connectivity index (χ1v) is 12.0. The molecule has 0 aliphatic carbocycles. The second kappa shape index (κ2) is 10.2. The average molecular weight is 461 g/mol. The van der Waals surface area contributed by atoms with E-state index in [0.29, 0.717) is 23.7 Å². The molecule has 8 heteroatoms. The van der Waals surface area contributed by atoms with Crippen LogP contribution in [0.15, 0.2) is 91.3 Å². The number of anilines is 2. The summed E-state index contributed by atoms with van der Waals surface area (Å²) in [5, 5.41) is 3.23. The van der Waals surface area contributed by atoms with Gasteiger partial charge in [-0.1, -0.05) is 54.6 Å². The molecule has 33 heavy (non-hydrogen) atoms. The van der Waals surface area contributed by atoms with E-state index in [9.17, 15) is 8.42 Å². The summed E-state index contributed by atoms with van der Waals surface area (Å²) in [6, 6.07) is 26.8. The van der Waals surface area contributed by atoms with Gasteiger partial charge >= 0.3 is 0 Å². The normalized spacial score (nSPS) is 11.2. The van der Waals surface area contributed by atoms with Crippen LogP contribution in [-0.2, 0) is 22.4 Å². The first-order valence-electron chi connectivity index (χ1n) is 10.4. The quantitative estimate of drug-likeness (QED) is 0.382. The number of hydrogen-bond acceptors (Lipinski definition) is 6. The predicted molar refractivity (Wildman–Crippen MR) is 130 cm³/mol. The Labute approximate surface area is 193 Å². The summed E-state index contributed by atoms with van der Waals surface area (Å²) in [5.74, 6) is 1.22. The molecule has 0 aliphatic rings. The molecule has 1 heterocycles. The maximum absolute atomic E-state index is 11.9. The number of sulfonamides is 1.